The van der Waals surface area contributed by atoms with Crippen molar-refractivity contribution in [2.75, 3.05) is 6.61 Å². The quantitative estimate of drug-likeness (QED) is 0.682. The van der Waals surface area contributed by atoms with Gasteiger partial charge in [0.05, 0.1) is 17.9 Å². The number of rotatable bonds is 3. The Morgan fingerprint density at radius 3 is 3.00 bits per heavy atom. The Labute approximate surface area is 120 Å². The van der Waals surface area contributed by atoms with E-state index >= 15 is 0 Å². The molecule has 0 fully saturated rings. The third-order valence-electron chi connectivity index (χ3n) is 2.97. The minimum Gasteiger partial charge on any atom is -0.460 e. The van der Waals surface area contributed by atoms with Gasteiger partial charge in [0.15, 0.2) is 0 Å². The highest BCUT2D eigenvalue weighted by molar-refractivity contribution is 7.17. The number of carbonyl (C=O) groups is 1. The molecule has 0 aliphatic rings. The summed E-state index contributed by atoms with van der Waals surface area (Å²) in [5.41, 5.74) is 1.46. The fourth-order valence-corrected chi connectivity index (χ4v) is 2.98. The molecule has 0 atom stereocenters. The highest BCUT2D eigenvalue weighted by Gasteiger charge is 2.20. The fraction of sp³-hybridized carbons (Fsp3) is 0.200. The number of esters is 1. The summed E-state index contributed by atoms with van der Waals surface area (Å²) in [4.78, 5) is 16.1. The van der Waals surface area contributed by atoms with E-state index in [9.17, 15) is 4.79 Å². The van der Waals surface area contributed by atoms with Crippen molar-refractivity contribution >= 4 is 27.4 Å². The molecule has 0 amide bonds. The maximum absolute atomic E-state index is 11.8. The van der Waals surface area contributed by atoms with Crippen LogP contribution in [0.3, 0.4) is 0 Å². The van der Waals surface area contributed by atoms with Crippen molar-refractivity contribution < 1.29 is 13.9 Å². The summed E-state index contributed by atoms with van der Waals surface area (Å²) in [5, 5.41) is 3.07. The van der Waals surface area contributed by atoms with Gasteiger partial charge < -0.3 is 9.15 Å². The van der Waals surface area contributed by atoms with E-state index in [0.29, 0.717) is 18.2 Å². The molecule has 2 aromatic heterocycles. The van der Waals surface area contributed by atoms with Gasteiger partial charge in [-0.2, -0.15) is 0 Å². The molecule has 1 aromatic carbocycles. The zero-order valence-electron chi connectivity index (χ0n) is 11.2. The van der Waals surface area contributed by atoms with Crippen molar-refractivity contribution in [2.24, 2.45) is 0 Å². The third-order valence-corrected chi connectivity index (χ3v) is 3.93. The van der Waals surface area contributed by atoms with Crippen LogP contribution in [0.15, 0.2) is 34.1 Å². The molecule has 2 heterocycles. The van der Waals surface area contributed by atoms with Crippen LogP contribution in [0.2, 0.25) is 0 Å². The van der Waals surface area contributed by atoms with Gasteiger partial charge in [-0.1, -0.05) is 18.2 Å². The first kappa shape index (κ1) is 12.9. The minimum atomic E-state index is -0.469. The van der Waals surface area contributed by atoms with Crippen LogP contribution in [-0.2, 0) is 4.74 Å². The van der Waals surface area contributed by atoms with E-state index < -0.39 is 5.97 Å². The fourth-order valence-electron chi connectivity index (χ4n) is 2.04. The Morgan fingerprint density at radius 1 is 1.40 bits per heavy atom. The summed E-state index contributed by atoms with van der Waals surface area (Å²) in [6, 6.07) is 8.03. The number of carbonyl (C=O) groups excluding carboxylic acids is 1. The molecule has 0 saturated heterocycles. The van der Waals surface area contributed by atoms with Gasteiger partial charge in [0.2, 0.25) is 11.7 Å². The number of benzene rings is 1. The summed E-state index contributed by atoms with van der Waals surface area (Å²) >= 11 is 1.63. The van der Waals surface area contributed by atoms with Gasteiger partial charge in [-0.3, -0.25) is 0 Å². The van der Waals surface area contributed by atoms with Crippen LogP contribution in [0, 0.1) is 6.92 Å². The van der Waals surface area contributed by atoms with E-state index in [0.717, 1.165) is 15.6 Å². The van der Waals surface area contributed by atoms with Crippen LogP contribution >= 0.6 is 11.3 Å². The maximum atomic E-state index is 11.8. The second kappa shape index (κ2) is 5.09. The van der Waals surface area contributed by atoms with Crippen molar-refractivity contribution in [3.8, 4) is 11.5 Å². The van der Waals surface area contributed by atoms with E-state index in [1.54, 1.807) is 25.2 Å². The number of oxazole rings is 1. The Bertz CT molecular complexity index is 772. The number of aromatic nitrogens is 1. The van der Waals surface area contributed by atoms with Crippen molar-refractivity contribution in [1.29, 1.82) is 0 Å². The molecular weight excluding hydrogens is 274 g/mol. The van der Waals surface area contributed by atoms with Crippen LogP contribution in [0.25, 0.3) is 21.5 Å². The smallest absolute Gasteiger partial charge is 0.376 e. The lowest BCUT2D eigenvalue weighted by Gasteiger charge is -1.97. The van der Waals surface area contributed by atoms with Crippen molar-refractivity contribution in [1.82, 2.24) is 4.98 Å². The van der Waals surface area contributed by atoms with Gasteiger partial charge in [0, 0.05) is 15.5 Å². The molecule has 0 saturated carbocycles. The molecule has 0 aliphatic carbocycles. The lowest BCUT2D eigenvalue weighted by molar-refractivity contribution is 0.0490. The largest absolute Gasteiger partial charge is 0.460 e. The molecule has 4 nitrogen and oxygen atoms in total. The van der Waals surface area contributed by atoms with E-state index in [-0.39, 0.29) is 5.76 Å². The van der Waals surface area contributed by atoms with Crippen LogP contribution in [-0.4, -0.2) is 17.6 Å². The summed E-state index contributed by atoms with van der Waals surface area (Å²) in [7, 11) is 0. The minimum absolute atomic E-state index is 0.178. The Balaban J connectivity index is 2.07. The standard InChI is InChI=1S/C15H13NO3S/c1-3-18-15(17)13-9(2)16-14(19-13)11-8-20-12-7-5-4-6-10(11)12/h4-8H,3H2,1-2H3. The van der Waals surface area contributed by atoms with Gasteiger partial charge in [-0.25, -0.2) is 9.78 Å². The SMILES string of the molecule is CCOC(=O)c1oc(-c2csc3ccccc23)nc1C. The number of hydrogen-bond donors (Lipinski definition) is 0. The molecule has 0 bridgehead atoms. The molecule has 0 radical (unpaired) electrons. The van der Waals surface area contributed by atoms with Gasteiger partial charge in [-0.15, -0.1) is 11.3 Å². The molecular formula is C15H13NO3S. The predicted molar refractivity (Wildman–Crippen MR) is 78.0 cm³/mol. The van der Waals surface area contributed by atoms with E-state index in [1.807, 2.05) is 29.6 Å². The summed E-state index contributed by atoms with van der Waals surface area (Å²) in [5.74, 6) is 0.170. The molecule has 3 aromatic rings. The number of nitrogens with zero attached hydrogens (tertiary/aromatic N) is 1. The molecule has 0 N–H and O–H groups in total. The van der Waals surface area contributed by atoms with Crippen LogP contribution in [0.4, 0.5) is 0 Å². The van der Waals surface area contributed by atoms with Crippen molar-refractivity contribution in [3.05, 3.63) is 41.1 Å². The second-order valence-electron chi connectivity index (χ2n) is 4.30. The third kappa shape index (κ3) is 2.10. The summed E-state index contributed by atoms with van der Waals surface area (Å²) in [6.45, 7) is 3.82. The summed E-state index contributed by atoms with van der Waals surface area (Å²) in [6.07, 6.45) is 0. The molecule has 20 heavy (non-hydrogen) atoms. The molecule has 0 unspecified atom stereocenters. The molecule has 3 rings (SSSR count). The van der Waals surface area contributed by atoms with Gasteiger partial charge in [-0.05, 0) is 19.9 Å². The number of hydrogen-bond acceptors (Lipinski definition) is 5. The first-order valence-corrected chi connectivity index (χ1v) is 7.19. The second-order valence-corrected chi connectivity index (χ2v) is 5.21. The van der Waals surface area contributed by atoms with E-state index in [2.05, 4.69) is 4.98 Å². The average Bonchev–Trinajstić information content (AvgIpc) is 3.02. The maximum Gasteiger partial charge on any atom is 0.376 e. The lowest BCUT2D eigenvalue weighted by atomic mass is 10.2. The van der Waals surface area contributed by atoms with Crippen LogP contribution in [0.1, 0.15) is 23.2 Å². The molecule has 102 valence electrons. The molecule has 0 aliphatic heterocycles. The van der Waals surface area contributed by atoms with Crippen LogP contribution in [0.5, 0.6) is 0 Å². The Morgan fingerprint density at radius 2 is 2.20 bits per heavy atom. The monoisotopic (exact) mass is 287 g/mol. The topological polar surface area (TPSA) is 52.3 Å². The highest BCUT2D eigenvalue weighted by Crippen LogP contribution is 2.34. The number of ether oxygens (including phenoxy) is 1. The number of thiophene rings is 1. The average molecular weight is 287 g/mol. The zero-order valence-corrected chi connectivity index (χ0v) is 12.0. The first-order chi connectivity index (χ1) is 9.70. The predicted octanol–water partition coefficient (Wildman–Crippen LogP) is 4.04. The van der Waals surface area contributed by atoms with Gasteiger partial charge in [0.25, 0.3) is 0 Å². The number of fused-ring (bicyclic) bond motifs is 1. The Hall–Kier alpha value is -2.14. The molecule has 5 heteroatoms. The van der Waals surface area contributed by atoms with Gasteiger partial charge >= 0.3 is 5.97 Å². The lowest BCUT2D eigenvalue weighted by Crippen LogP contribution is -2.04. The zero-order chi connectivity index (χ0) is 14.1. The highest BCUT2D eigenvalue weighted by atomic mass is 32.1. The van der Waals surface area contributed by atoms with Crippen molar-refractivity contribution in [2.45, 2.75) is 13.8 Å². The van der Waals surface area contributed by atoms with Crippen LogP contribution < -0.4 is 0 Å². The summed E-state index contributed by atoms with van der Waals surface area (Å²) < 4.78 is 11.7. The normalized spacial score (nSPS) is 10.9. The molecule has 0 spiro atoms. The van der Waals surface area contributed by atoms with E-state index in [1.165, 1.54) is 0 Å². The first-order valence-electron chi connectivity index (χ1n) is 6.32. The van der Waals surface area contributed by atoms with Gasteiger partial charge in [0.1, 0.15) is 0 Å². The van der Waals surface area contributed by atoms with E-state index in [4.69, 9.17) is 9.15 Å². The number of aryl methyl sites for hydroxylation is 1. The Kier molecular flexibility index (Phi) is 3.28. The van der Waals surface area contributed by atoms with Crippen molar-refractivity contribution in [3.63, 3.8) is 0 Å².